The molecule has 0 spiro atoms. The van der Waals surface area contributed by atoms with Gasteiger partial charge in [0, 0.05) is 52.1 Å². The summed E-state index contributed by atoms with van der Waals surface area (Å²) in [6.45, 7) is 5.77. The second-order valence-corrected chi connectivity index (χ2v) is 5.33. The van der Waals surface area contributed by atoms with Gasteiger partial charge in [-0.05, 0) is 12.5 Å². The molecule has 0 aliphatic carbocycles. The first-order chi connectivity index (χ1) is 11.8. The molecule has 0 fully saturated rings. The Kier molecular flexibility index (Phi) is 7.83. The lowest BCUT2D eigenvalue weighted by Gasteiger charge is -2.12. The number of rotatable bonds is 9. The van der Waals surface area contributed by atoms with Gasteiger partial charge in [0.2, 0.25) is 0 Å². The fourth-order valence-electron chi connectivity index (χ4n) is 2.39. The van der Waals surface area contributed by atoms with Gasteiger partial charge in [0.1, 0.15) is 5.82 Å². The summed E-state index contributed by atoms with van der Waals surface area (Å²) in [5.74, 6) is 1.85. The highest BCUT2D eigenvalue weighted by molar-refractivity contribution is 5.79. The molecule has 6 nitrogen and oxygen atoms in total. The average Bonchev–Trinajstić information content (AvgIpc) is 3.05. The first-order valence-corrected chi connectivity index (χ1v) is 8.39. The van der Waals surface area contributed by atoms with E-state index in [1.807, 2.05) is 25.4 Å². The van der Waals surface area contributed by atoms with Crippen molar-refractivity contribution in [3.05, 3.63) is 54.1 Å². The van der Waals surface area contributed by atoms with Gasteiger partial charge in [0.25, 0.3) is 0 Å². The maximum absolute atomic E-state index is 5.31. The molecule has 0 saturated heterocycles. The van der Waals surface area contributed by atoms with Crippen molar-refractivity contribution in [2.45, 2.75) is 19.9 Å². The summed E-state index contributed by atoms with van der Waals surface area (Å²) in [6.07, 6.45) is 4.72. The van der Waals surface area contributed by atoms with Gasteiger partial charge in [-0.1, -0.05) is 30.3 Å². The van der Waals surface area contributed by atoms with Crippen LogP contribution in [0.1, 0.15) is 18.3 Å². The van der Waals surface area contributed by atoms with Crippen LogP contribution in [0.4, 0.5) is 0 Å². The lowest BCUT2D eigenvalue weighted by atomic mass is 10.2. The third-order valence-electron chi connectivity index (χ3n) is 3.61. The number of ether oxygens (including phenoxy) is 1. The molecule has 1 heterocycles. The Bertz CT molecular complexity index is 609. The van der Waals surface area contributed by atoms with Crippen LogP contribution >= 0.6 is 0 Å². The van der Waals surface area contributed by atoms with Gasteiger partial charge in [0.15, 0.2) is 5.96 Å². The van der Waals surface area contributed by atoms with Crippen molar-refractivity contribution >= 4 is 5.96 Å². The van der Waals surface area contributed by atoms with E-state index in [-0.39, 0.29) is 0 Å². The van der Waals surface area contributed by atoms with Crippen molar-refractivity contribution in [1.29, 1.82) is 0 Å². The summed E-state index contributed by atoms with van der Waals surface area (Å²) in [4.78, 5) is 8.67. The van der Waals surface area contributed by atoms with Crippen LogP contribution in [0, 0.1) is 0 Å². The molecule has 2 rings (SSSR count). The molecule has 0 radical (unpaired) electrons. The number of hydrogen-bond donors (Lipinski definition) is 2. The molecule has 6 heteroatoms. The highest BCUT2D eigenvalue weighted by Crippen LogP contribution is 2.05. The number of aromatic nitrogens is 2. The highest BCUT2D eigenvalue weighted by atomic mass is 16.5. The fraction of sp³-hybridized carbons (Fsp3) is 0.444. The molecule has 0 unspecified atom stereocenters. The summed E-state index contributed by atoms with van der Waals surface area (Å²) < 4.78 is 7.49. The van der Waals surface area contributed by atoms with Crippen LogP contribution in [-0.2, 0) is 17.7 Å². The Morgan fingerprint density at radius 1 is 1.21 bits per heavy atom. The predicted octanol–water partition coefficient (Wildman–Crippen LogP) is 1.68. The van der Waals surface area contributed by atoms with Crippen molar-refractivity contribution in [3.63, 3.8) is 0 Å². The molecule has 130 valence electrons. The first-order valence-electron chi connectivity index (χ1n) is 8.39. The van der Waals surface area contributed by atoms with E-state index in [4.69, 9.17) is 4.74 Å². The van der Waals surface area contributed by atoms with E-state index < -0.39 is 0 Å². The third-order valence-corrected chi connectivity index (χ3v) is 3.61. The van der Waals surface area contributed by atoms with Crippen molar-refractivity contribution in [1.82, 2.24) is 20.2 Å². The standard InChI is InChI=1S/C18H27N5O/c1-3-24-14-12-22-18(19-2)21-10-9-17-20-11-13-23(17)15-16-7-5-4-6-8-16/h4-8,11,13H,3,9-10,12,14-15H2,1-2H3,(H2,19,21,22). The van der Waals surface area contributed by atoms with Gasteiger partial charge >= 0.3 is 0 Å². The molecule has 0 atom stereocenters. The van der Waals surface area contributed by atoms with Gasteiger partial charge in [-0.15, -0.1) is 0 Å². The minimum absolute atomic E-state index is 0.679. The third kappa shape index (κ3) is 6.04. The molecular formula is C18H27N5O. The summed E-state index contributed by atoms with van der Waals surface area (Å²) in [6, 6.07) is 10.4. The smallest absolute Gasteiger partial charge is 0.191 e. The zero-order valence-electron chi connectivity index (χ0n) is 14.5. The summed E-state index contributed by atoms with van der Waals surface area (Å²) in [5.41, 5.74) is 1.28. The van der Waals surface area contributed by atoms with Gasteiger partial charge in [-0.25, -0.2) is 4.98 Å². The Hall–Kier alpha value is -2.34. The van der Waals surface area contributed by atoms with Crippen molar-refractivity contribution in [3.8, 4) is 0 Å². The van der Waals surface area contributed by atoms with E-state index in [1.165, 1.54) is 5.56 Å². The highest BCUT2D eigenvalue weighted by Gasteiger charge is 2.04. The number of nitrogens with zero attached hydrogens (tertiary/aromatic N) is 3. The van der Waals surface area contributed by atoms with Crippen molar-refractivity contribution in [2.24, 2.45) is 4.99 Å². The lowest BCUT2D eigenvalue weighted by molar-refractivity contribution is 0.152. The Balaban J connectivity index is 1.77. The quantitative estimate of drug-likeness (QED) is 0.417. The molecule has 0 saturated carbocycles. The zero-order chi connectivity index (χ0) is 17.0. The van der Waals surface area contributed by atoms with E-state index in [9.17, 15) is 0 Å². The fourth-order valence-corrected chi connectivity index (χ4v) is 2.39. The molecule has 2 aromatic rings. The Morgan fingerprint density at radius 2 is 2.00 bits per heavy atom. The normalized spacial score (nSPS) is 11.5. The van der Waals surface area contributed by atoms with E-state index >= 15 is 0 Å². The zero-order valence-corrected chi connectivity index (χ0v) is 14.5. The molecule has 1 aromatic heterocycles. The number of benzene rings is 1. The van der Waals surface area contributed by atoms with Gasteiger partial charge < -0.3 is 19.9 Å². The topological polar surface area (TPSA) is 63.5 Å². The maximum atomic E-state index is 5.31. The first kappa shape index (κ1) is 18.0. The maximum Gasteiger partial charge on any atom is 0.191 e. The lowest BCUT2D eigenvalue weighted by Crippen LogP contribution is -2.40. The van der Waals surface area contributed by atoms with Crippen LogP contribution < -0.4 is 10.6 Å². The van der Waals surface area contributed by atoms with Crippen LogP contribution in [0.5, 0.6) is 0 Å². The van der Waals surface area contributed by atoms with E-state index in [0.29, 0.717) is 6.61 Å². The van der Waals surface area contributed by atoms with Gasteiger partial charge in [0.05, 0.1) is 6.61 Å². The monoisotopic (exact) mass is 329 g/mol. The molecular weight excluding hydrogens is 302 g/mol. The molecule has 0 bridgehead atoms. The van der Waals surface area contributed by atoms with Crippen LogP contribution in [0.2, 0.25) is 0 Å². The number of hydrogen-bond acceptors (Lipinski definition) is 3. The molecule has 0 aliphatic rings. The largest absolute Gasteiger partial charge is 0.380 e. The van der Waals surface area contributed by atoms with Gasteiger partial charge in [-0.3, -0.25) is 4.99 Å². The summed E-state index contributed by atoms with van der Waals surface area (Å²) in [5, 5.41) is 6.53. The van der Waals surface area contributed by atoms with Crippen molar-refractivity contribution in [2.75, 3.05) is 33.4 Å². The van der Waals surface area contributed by atoms with E-state index in [2.05, 4.69) is 49.4 Å². The number of nitrogens with one attached hydrogen (secondary N) is 2. The number of imidazole rings is 1. The molecule has 2 N–H and O–H groups in total. The molecule has 0 amide bonds. The molecule has 0 aliphatic heterocycles. The van der Waals surface area contributed by atoms with E-state index in [1.54, 1.807) is 7.05 Å². The van der Waals surface area contributed by atoms with Crippen LogP contribution in [0.25, 0.3) is 0 Å². The SMILES string of the molecule is CCOCCNC(=NC)NCCc1nccn1Cc1ccccc1. The number of aliphatic imine (C=N–C) groups is 1. The second-order valence-electron chi connectivity index (χ2n) is 5.33. The van der Waals surface area contributed by atoms with Crippen LogP contribution in [0.3, 0.4) is 0 Å². The van der Waals surface area contributed by atoms with Crippen molar-refractivity contribution < 1.29 is 4.74 Å². The number of guanidine groups is 1. The molecule has 1 aromatic carbocycles. The van der Waals surface area contributed by atoms with Crippen LogP contribution in [-0.4, -0.2) is 48.9 Å². The summed E-state index contributed by atoms with van der Waals surface area (Å²) in [7, 11) is 1.77. The predicted molar refractivity (Wildman–Crippen MR) is 97.3 cm³/mol. The van der Waals surface area contributed by atoms with Gasteiger partial charge in [-0.2, -0.15) is 0 Å². The Labute approximate surface area is 144 Å². The Morgan fingerprint density at radius 3 is 2.75 bits per heavy atom. The minimum Gasteiger partial charge on any atom is -0.380 e. The average molecular weight is 329 g/mol. The summed E-state index contributed by atoms with van der Waals surface area (Å²) >= 11 is 0. The van der Waals surface area contributed by atoms with E-state index in [0.717, 1.165) is 44.4 Å². The second kappa shape index (κ2) is 10.4. The minimum atomic E-state index is 0.679. The molecule has 24 heavy (non-hydrogen) atoms. The van der Waals surface area contributed by atoms with Crippen LogP contribution in [0.15, 0.2) is 47.7 Å².